The van der Waals surface area contributed by atoms with Gasteiger partial charge in [0.1, 0.15) is 11.7 Å². The molecule has 5 heteroatoms. The van der Waals surface area contributed by atoms with Crippen LogP contribution in [0.25, 0.3) is 0 Å². The summed E-state index contributed by atoms with van der Waals surface area (Å²) in [5.74, 6) is 0.0141. The number of amides is 1. The van der Waals surface area contributed by atoms with Gasteiger partial charge in [-0.3, -0.25) is 9.79 Å². The molecule has 0 saturated carbocycles. The molecule has 0 saturated heterocycles. The number of hydrogen-bond donors (Lipinski definition) is 2. The van der Waals surface area contributed by atoms with Crippen molar-refractivity contribution in [3.05, 3.63) is 41.7 Å². The maximum Gasteiger partial charge on any atom is 0.224 e. The summed E-state index contributed by atoms with van der Waals surface area (Å²) in [4.78, 5) is 16.1. The summed E-state index contributed by atoms with van der Waals surface area (Å²) in [6.07, 6.45) is 21.2. The number of halogens is 1. The first kappa shape index (κ1) is 27.9. The van der Waals surface area contributed by atoms with Crippen LogP contribution in [-0.2, 0) is 4.79 Å². The van der Waals surface area contributed by atoms with Crippen molar-refractivity contribution in [2.45, 2.75) is 96.8 Å². The van der Waals surface area contributed by atoms with Gasteiger partial charge in [0, 0.05) is 26.2 Å². The summed E-state index contributed by atoms with van der Waals surface area (Å²) in [7, 11) is 3.31. The Bertz CT molecular complexity index is 700. The van der Waals surface area contributed by atoms with E-state index in [4.69, 9.17) is 0 Å². The number of allylic oxidation sites excluding steroid dienone is 2. The summed E-state index contributed by atoms with van der Waals surface area (Å²) in [6.45, 7) is 2.26. The Balaban J connectivity index is 2.06. The van der Waals surface area contributed by atoms with Gasteiger partial charge in [0.2, 0.25) is 5.91 Å². The van der Waals surface area contributed by atoms with Crippen molar-refractivity contribution >= 4 is 17.4 Å². The number of rotatable bonds is 17. The van der Waals surface area contributed by atoms with Crippen molar-refractivity contribution in [2.75, 3.05) is 19.4 Å². The third-order valence-electron chi connectivity index (χ3n) is 5.63. The molecule has 1 aromatic rings. The highest BCUT2D eigenvalue weighted by atomic mass is 19.1. The molecule has 4 nitrogen and oxygen atoms in total. The van der Waals surface area contributed by atoms with E-state index in [-0.39, 0.29) is 5.91 Å². The fourth-order valence-corrected chi connectivity index (χ4v) is 3.73. The van der Waals surface area contributed by atoms with Gasteiger partial charge in [0.05, 0.1) is 5.56 Å². The Hall–Kier alpha value is -2.17. The van der Waals surface area contributed by atoms with Gasteiger partial charge < -0.3 is 10.6 Å². The first-order chi connectivity index (χ1) is 15.6. The van der Waals surface area contributed by atoms with E-state index in [0.717, 1.165) is 25.7 Å². The van der Waals surface area contributed by atoms with Crippen molar-refractivity contribution in [1.29, 1.82) is 0 Å². The second kappa shape index (κ2) is 18.4. The lowest BCUT2D eigenvalue weighted by molar-refractivity contribution is -0.116. The molecule has 0 radical (unpaired) electrons. The zero-order valence-corrected chi connectivity index (χ0v) is 20.5. The van der Waals surface area contributed by atoms with Gasteiger partial charge >= 0.3 is 0 Å². The Labute approximate surface area is 195 Å². The maximum atomic E-state index is 14.2. The molecule has 0 aliphatic rings. The van der Waals surface area contributed by atoms with Crippen LogP contribution in [0.4, 0.5) is 10.1 Å². The molecule has 0 spiro atoms. The minimum Gasteiger partial charge on any atom is -0.373 e. The third-order valence-corrected chi connectivity index (χ3v) is 5.63. The van der Waals surface area contributed by atoms with Crippen LogP contribution in [0.5, 0.6) is 0 Å². The molecule has 32 heavy (non-hydrogen) atoms. The average Bonchev–Trinajstić information content (AvgIpc) is 2.78. The van der Waals surface area contributed by atoms with Crippen LogP contribution in [0.3, 0.4) is 0 Å². The lowest BCUT2D eigenvalue weighted by atomic mass is 10.1. The summed E-state index contributed by atoms with van der Waals surface area (Å²) in [6, 6.07) is 4.68. The quantitative estimate of drug-likeness (QED) is 0.114. The Kier molecular flexibility index (Phi) is 16.0. The SMILES string of the molecule is CCCCCCCC/C=C\CCCCCCCC(=O)Nc1ccc(C(=NC)NC)c(F)c1. The molecule has 0 fully saturated rings. The standard InChI is InChI=1S/C27H44FN3O/c1-4-5-6-7-8-9-10-11-12-13-14-15-16-17-18-19-26(32)31-23-20-21-24(25(28)22-23)27(29-2)30-3/h11-12,20-22H,4-10,13-19H2,1-3H3,(H,29,30)(H,31,32)/b12-11-. The smallest absolute Gasteiger partial charge is 0.224 e. The molecule has 0 heterocycles. The fourth-order valence-electron chi connectivity index (χ4n) is 3.73. The number of nitrogens with zero attached hydrogens (tertiary/aromatic N) is 1. The summed E-state index contributed by atoms with van der Waals surface area (Å²) >= 11 is 0. The van der Waals surface area contributed by atoms with Gasteiger partial charge in [-0.2, -0.15) is 0 Å². The van der Waals surface area contributed by atoms with E-state index in [1.165, 1.54) is 63.9 Å². The van der Waals surface area contributed by atoms with E-state index < -0.39 is 5.82 Å². The van der Waals surface area contributed by atoms with Crippen LogP contribution in [0.1, 0.15) is 102 Å². The van der Waals surface area contributed by atoms with Crippen molar-refractivity contribution in [3.8, 4) is 0 Å². The zero-order chi connectivity index (χ0) is 23.4. The fraction of sp³-hybridized carbons (Fsp3) is 0.630. The Morgan fingerprint density at radius 1 is 0.938 bits per heavy atom. The number of amidine groups is 1. The van der Waals surface area contributed by atoms with Crippen molar-refractivity contribution < 1.29 is 9.18 Å². The van der Waals surface area contributed by atoms with Gasteiger partial charge in [-0.05, 0) is 50.3 Å². The molecular formula is C27H44FN3O. The van der Waals surface area contributed by atoms with E-state index in [0.29, 0.717) is 23.5 Å². The van der Waals surface area contributed by atoms with Gasteiger partial charge in [0.25, 0.3) is 0 Å². The van der Waals surface area contributed by atoms with Crippen LogP contribution >= 0.6 is 0 Å². The lowest BCUT2D eigenvalue weighted by Crippen LogP contribution is -2.21. The van der Waals surface area contributed by atoms with Crippen molar-refractivity contribution in [1.82, 2.24) is 5.32 Å². The molecule has 0 atom stereocenters. The normalized spacial score (nSPS) is 11.8. The second-order valence-corrected chi connectivity index (χ2v) is 8.40. The van der Waals surface area contributed by atoms with Gasteiger partial charge in [-0.15, -0.1) is 0 Å². The molecule has 0 aromatic heterocycles. The van der Waals surface area contributed by atoms with Crippen molar-refractivity contribution in [2.24, 2.45) is 4.99 Å². The number of nitrogens with one attached hydrogen (secondary N) is 2. The highest BCUT2D eigenvalue weighted by Gasteiger charge is 2.10. The van der Waals surface area contributed by atoms with E-state index in [9.17, 15) is 9.18 Å². The molecule has 0 aliphatic carbocycles. The first-order valence-electron chi connectivity index (χ1n) is 12.5. The monoisotopic (exact) mass is 445 g/mol. The predicted molar refractivity (Wildman–Crippen MR) is 136 cm³/mol. The number of aliphatic imine (C=N–C) groups is 1. The molecule has 180 valence electrons. The van der Waals surface area contributed by atoms with E-state index in [2.05, 4.69) is 34.7 Å². The minimum absolute atomic E-state index is 0.0622. The Morgan fingerprint density at radius 2 is 1.53 bits per heavy atom. The molecule has 0 unspecified atom stereocenters. The number of carbonyl (C=O) groups excluding carboxylic acids is 1. The lowest BCUT2D eigenvalue weighted by Gasteiger charge is -2.09. The maximum absolute atomic E-state index is 14.2. The molecule has 0 bridgehead atoms. The third kappa shape index (κ3) is 12.6. The number of unbranched alkanes of at least 4 members (excludes halogenated alkanes) is 11. The molecule has 1 amide bonds. The van der Waals surface area contributed by atoms with E-state index in [1.807, 2.05) is 0 Å². The first-order valence-corrected chi connectivity index (χ1v) is 12.5. The summed E-state index contributed by atoms with van der Waals surface area (Å²) < 4.78 is 14.2. The number of hydrogen-bond acceptors (Lipinski definition) is 2. The van der Waals surface area contributed by atoms with Crippen molar-refractivity contribution in [3.63, 3.8) is 0 Å². The van der Waals surface area contributed by atoms with Gasteiger partial charge in [-0.1, -0.05) is 70.4 Å². The molecule has 2 N–H and O–H groups in total. The molecule has 1 aromatic carbocycles. The molecule has 0 aliphatic heterocycles. The highest BCUT2D eigenvalue weighted by Crippen LogP contribution is 2.16. The second-order valence-electron chi connectivity index (χ2n) is 8.40. The predicted octanol–water partition coefficient (Wildman–Crippen LogP) is 7.40. The van der Waals surface area contributed by atoms with Crippen LogP contribution in [0.15, 0.2) is 35.3 Å². The Morgan fingerprint density at radius 3 is 2.09 bits per heavy atom. The largest absolute Gasteiger partial charge is 0.373 e. The van der Waals surface area contributed by atoms with Crippen LogP contribution in [0.2, 0.25) is 0 Å². The minimum atomic E-state index is -0.404. The average molecular weight is 446 g/mol. The summed E-state index contributed by atoms with van der Waals surface area (Å²) in [5.41, 5.74) is 0.876. The van der Waals surface area contributed by atoms with Crippen LogP contribution in [0, 0.1) is 5.82 Å². The number of anilines is 1. The number of benzene rings is 1. The molecule has 1 rings (SSSR count). The van der Waals surface area contributed by atoms with E-state index >= 15 is 0 Å². The van der Waals surface area contributed by atoms with Gasteiger partial charge in [0.15, 0.2) is 0 Å². The van der Waals surface area contributed by atoms with Gasteiger partial charge in [-0.25, -0.2) is 4.39 Å². The topological polar surface area (TPSA) is 53.5 Å². The number of carbonyl (C=O) groups is 1. The van der Waals surface area contributed by atoms with E-state index in [1.54, 1.807) is 26.2 Å². The summed E-state index contributed by atoms with van der Waals surface area (Å²) in [5, 5.41) is 5.65. The zero-order valence-electron chi connectivity index (χ0n) is 20.5. The molecular weight excluding hydrogens is 401 g/mol. The van der Waals surface area contributed by atoms with Crippen LogP contribution in [-0.4, -0.2) is 25.8 Å². The van der Waals surface area contributed by atoms with Crippen LogP contribution < -0.4 is 10.6 Å². The highest BCUT2D eigenvalue weighted by molar-refractivity contribution is 5.99.